The second-order valence-corrected chi connectivity index (χ2v) is 5.10. The topological polar surface area (TPSA) is 59.6 Å². The lowest BCUT2D eigenvalue weighted by atomic mass is 10.2. The van der Waals surface area contributed by atoms with Crippen molar-refractivity contribution in [2.45, 2.75) is 26.0 Å². The number of ether oxygens (including phenoxy) is 2. The molecular weight excluding hydrogens is 256 g/mol. The number of carbonyl (C=O) groups is 1. The molecule has 1 aliphatic rings. The van der Waals surface area contributed by atoms with E-state index in [4.69, 9.17) is 9.47 Å². The normalized spacial score (nSPS) is 20.2. The first-order valence-electron chi connectivity index (χ1n) is 6.97. The summed E-state index contributed by atoms with van der Waals surface area (Å²) in [6.45, 7) is 6.34. The third-order valence-corrected chi connectivity index (χ3v) is 3.13. The largest absolute Gasteiger partial charge is 0.491 e. The highest BCUT2D eigenvalue weighted by Crippen LogP contribution is 2.11. The third kappa shape index (κ3) is 4.51. The minimum atomic E-state index is -0.398. The first kappa shape index (κ1) is 14.8. The fraction of sp³-hybridized carbons (Fsp3) is 0.533. The van der Waals surface area contributed by atoms with Crippen LogP contribution < -0.4 is 15.4 Å². The highest BCUT2D eigenvalue weighted by atomic mass is 16.5. The van der Waals surface area contributed by atoms with E-state index >= 15 is 0 Å². The smallest absolute Gasteiger partial charge is 0.250 e. The Bertz CT molecular complexity index is 427. The summed E-state index contributed by atoms with van der Waals surface area (Å²) >= 11 is 0. The molecule has 1 heterocycles. The summed E-state index contributed by atoms with van der Waals surface area (Å²) in [5, 5.41) is 6.04. The monoisotopic (exact) mass is 278 g/mol. The molecule has 1 saturated heterocycles. The van der Waals surface area contributed by atoms with Crippen LogP contribution in [0.15, 0.2) is 24.3 Å². The fourth-order valence-electron chi connectivity index (χ4n) is 1.97. The molecule has 1 aromatic carbocycles. The average Bonchev–Trinajstić information content (AvgIpc) is 2.47. The van der Waals surface area contributed by atoms with Crippen molar-refractivity contribution >= 4 is 5.91 Å². The van der Waals surface area contributed by atoms with Crippen molar-refractivity contribution in [3.63, 3.8) is 0 Å². The van der Waals surface area contributed by atoms with Crippen LogP contribution in [0.25, 0.3) is 0 Å². The molecule has 0 bridgehead atoms. The molecule has 1 fully saturated rings. The zero-order chi connectivity index (χ0) is 14.4. The Balaban J connectivity index is 1.73. The van der Waals surface area contributed by atoms with Gasteiger partial charge in [-0.25, -0.2) is 0 Å². The Morgan fingerprint density at radius 1 is 1.50 bits per heavy atom. The van der Waals surface area contributed by atoms with Gasteiger partial charge in [0.25, 0.3) is 5.91 Å². The lowest BCUT2D eigenvalue weighted by Crippen LogP contribution is -2.50. The third-order valence-electron chi connectivity index (χ3n) is 3.13. The maximum Gasteiger partial charge on any atom is 0.250 e. The van der Waals surface area contributed by atoms with E-state index in [0.717, 1.165) is 12.3 Å². The summed E-state index contributed by atoms with van der Waals surface area (Å²) < 4.78 is 11.0. The predicted molar refractivity (Wildman–Crippen MR) is 76.9 cm³/mol. The van der Waals surface area contributed by atoms with Gasteiger partial charge in [-0.1, -0.05) is 17.7 Å². The van der Waals surface area contributed by atoms with E-state index < -0.39 is 6.10 Å². The van der Waals surface area contributed by atoms with Crippen LogP contribution in [-0.4, -0.2) is 44.4 Å². The first-order chi connectivity index (χ1) is 9.65. The maximum atomic E-state index is 11.9. The van der Waals surface area contributed by atoms with E-state index in [1.54, 1.807) is 0 Å². The van der Waals surface area contributed by atoms with Crippen LogP contribution in [0.3, 0.4) is 0 Å². The molecule has 5 heteroatoms. The van der Waals surface area contributed by atoms with Gasteiger partial charge in [0.1, 0.15) is 18.5 Å². The molecule has 20 heavy (non-hydrogen) atoms. The van der Waals surface area contributed by atoms with Crippen molar-refractivity contribution in [1.29, 1.82) is 0 Å². The number of aryl methyl sites for hydroxylation is 1. The van der Waals surface area contributed by atoms with E-state index in [1.165, 1.54) is 5.56 Å². The molecule has 1 aliphatic heterocycles. The molecule has 5 nitrogen and oxygen atoms in total. The number of nitrogens with one attached hydrogen (secondary N) is 2. The standard InChI is InChI=1S/C15H22N2O3/c1-11-3-5-13(6-4-11)20-10-12(2)17-15(18)14-9-16-7-8-19-14/h3-6,12,14,16H,7-10H2,1-2H3,(H,17,18). The van der Waals surface area contributed by atoms with Crippen molar-refractivity contribution < 1.29 is 14.3 Å². The second kappa shape index (κ2) is 7.26. The molecule has 0 saturated carbocycles. The Hall–Kier alpha value is -1.59. The number of amides is 1. The molecule has 2 rings (SSSR count). The number of morpholine rings is 1. The number of hydrogen-bond donors (Lipinski definition) is 2. The molecule has 0 aliphatic carbocycles. The lowest BCUT2D eigenvalue weighted by Gasteiger charge is -2.24. The number of rotatable bonds is 5. The summed E-state index contributed by atoms with van der Waals surface area (Å²) in [4.78, 5) is 11.9. The van der Waals surface area contributed by atoms with Crippen molar-refractivity contribution in [3.05, 3.63) is 29.8 Å². The highest BCUT2D eigenvalue weighted by Gasteiger charge is 2.22. The van der Waals surface area contributed by atoms with Crippen LogP contribution in [0.5, 0.6) is 5.75 Å². The molecule has 2 unspecified atom stereocenters. The zero-order valence-corrected chi connectivity index (χ0v) is 12.0. The van der Waals surface area contributed by atoms with Gasteiger partial charge in [0.15, 0.2) is 0 Å². The van der Waals surface area contributed by atoms with Crippen LogP contribution in [0.2, 0.25) is 0 Å². The average molecular weight is 278 g/mol. The minimum Gasteiger partial charge on any atom is -0.491 e. The Kier molecular flexibility index (Phi) is 5.38. The molecule has 1 amide bonds. The fourth-order valence-corrected chi connectivity index (χ4v) is 1.97. The van der Waals surface area contributed by atoms with Crippen LogP contribution in [0.4, 0.5) is 0 Å². The minimum absolute atomic E-state index is 0.0608. The highest BCUT2D eigenvalue weighted by molar-refractivity contribution is 5.81. The van der Waals surface area contributed by atoms with Crippen molar-refractivity contribution in [3.8, 4) is 5.75 Å². The summed E-state index contributed by atoms with van der Waals surface area (Å²) in [6.07, 6.45) is -0.398. The van der Waals surface area contributed by atoms with Gasteiger partial charge in [0.05, 0.1) is 12.6 Å². The Labute approximate surface area is 119 Å². The van der Waals surface area contributed by atoms with Crippen molar-refractivity contribution in [2.75, 3.05) is 26.3 Å². The first-order valence-corrected chi connectivity index (χ1v) is 6.97. The summed E-state index contributed by atoms with van der Waals surface area (Å²) in [5.41, 5.74) is 1.20. The van der Waals surface area contributed by atoms with Gasteiger partial charge in [-0.05, 0) is 26.0 Å². The molecule has 0 spiro atoms. The maximum absolute atomic E-state index is 11.9. The number of benzene rings is 1. The lowest BCUT2D eigenvalue weighted by molar-refractivity contribution is -0.135. The second-order valence-electron chi connectivity index (χ2n) is 5.10. The SMILES string of the molecule is Cc1ccc(OCC(C)NC(=O)C2CNCCO2)cc1. The van der Waals surface area contributed by atoms with Gasteiger partial charge in [0, 0.05) is 13.1 Å². The number of carbonyl (C=O) groups excluding carboxylic acids is 1. The van der Waals surface area contributed by atoms with Crippen LogP contribution in [0.1, 0.15) is 12.5 Å². The predicted octanol–water partition coefficient (Wildman–Crippen LogP) is 0.867. The van der Waals surface area contributed by atoms with E-state index in [2.05, 4.69) is 10.6 Å². The van der Waals surface area contributed by atoms with Gasteiger partial charge in [0.2, 0.25) is 0 Å². The summed E-state index contributed by atoms with van der Waals surface area (Å²) in [6, 6.07) is 7.80. The Morgan fingerprint density at radius 3 is 2.90 bits per heavy atom. The molecule has 110 valence electrons. The van der Waals surface area contributed by atoms with E-state index in [0.29, 0.717) is 19.8 Å². The van der Waals surface area contributed by atoms with Crippen LogP contribution >= 0.6 is 0 Å². The molecule has 2 atom stereocenters. The van der Waals surface area contributed by atoms with Gasteiger partial charge < -0.3 is 20.1 Å². The van der Waals surface area contributed by atoms with Gasteiger partial charge in [-0.3, -0.25) is 4.79 Å². The van der Waals surface area contributed by atoms with E-state index in [-0.39, 0.29) is 11.9 Å². The van der Waals surface area contributed by atoms with Crippen LogP contribution in [-0.2, 0) is 9.53 Å². The Morgan fingerprint density at radius 2 is 2.25 bits per heavy atom. The molecule has 0 aromatic heterocycles. The van der Waals surface area contributed by atoms with Gasteiger partial charge in [-0.2, -0.15) is 0 Å². The molecular formula is C15H22N2O3. The van der Waals surface area contributed by atoms with Gasteiger partial charge in [-0.15, -0.1) is 0 Å². The van der Waals surface area contributed by atoms with Crippen LogP contribution in [0, 0.1) is 6.92 Å². The number of hydrogen-bond acceptors (Lipinski definition) is 4. The summed E-state index contributed by atoms with van der Waals surface area (Å²) in [7, 11) is 0. The van der Waals surface area contributed by atoms with E-state index in [1.807, 2.05) is 38.1 Å². The molecule has 0 radical (unpaired) electrons. The quantitative estimate of drug-likeness (QED) is 0.839. The van der Waals surface area contributed by atoms with Crippen molar-refractivity contribution in [1.82, 2.24) is 10.6 Å². The van der Waals surface area contributed by atoms with Gasteiger partial charge >= 0.3 is 0 Å². The molecule has 2 N–H and O–H groups in total. The molecule has 1 aromatic rings. The zero-order valence-electron chi connectivity index (χ0n) is 12.0. The van der Waals surface area contributed by atoms with E-state index in [9.17, 15) is 4.79 Å². The summed E-state index contributed by atoms with van der Waals surface area (Å²) in [5.74, 6) is 0.726. The van der Waals surface area contributed by atoms with Crippen molar-refractivity contribution in [2.24, 2.45) is 0 Å².